The normalized spacial score (nSPS) is 23.8. The van der Waals surface area contributed by atoms with Gasteiger partial charge in [-0.25, -0.2) is 13.1 Å². The molecule has 1 heterocycles. The van der Waals surface area contributed by atoms with Crippen LogP contribution in [0.2, 0.25) is 0 Å². The summed E-state index contributed by atoms with van der Waals surface area (Å²) in [6.45, 7) is 2.69. The van der Waals surface area contributed by atoms with Gasteiger partial charge in [0.2, 0.25) is 10.0 Å². The van der Waals surface area contributed by atoms with Crippen LogP contribution >= 0.6 is 0 Å². The fourth-order valence-corrected chi connectivity index (χ4v) is 3.50. The lowest BCUT2D eigenvalue weighted by atomic mass is 10.0. The van der Waals surface area contributed by atoms with Crippen LogP contribution in [0.3, 0.4) is 0 Å². The fraction of sp³-hybridized carbons (Fsp3) is 0.417. The van der Waals surface area contributed by atoms with Crippen LogP contribution in [-0.2, 0) is 14.8 Å². The Morgan fingerprint density at radius 1 is 1.44 bits per heavy atom. The van der Waals surface area contributed by atoms with Gasteiger partial charge in [0, 0.05) is 6.61 Å². The minimum atomic E-state index is -3.70. The summed E-state index contributed by atoms with van der Waals surface area (Å²) in [7, 11) is -3.70. The smallest absolute Gasteiger partial charge is 0.242 e. The molecule has 96 valence electrons. The van der Waals surface area contributed by atoms with E-state index >= 15 is 0 Å². The number of benzene rings is 1. The molecule has 1 aliphatic heterocycles. The molecule has 0 aliphatic carbocycles. The first-order valence-electron chi connectivity index (χ1n) is 5.58. The molecule has 5 nitrogen and oxygen atoms in total. The lowest BCUT2D eigenvalue weighted by Crippen LogP contribution is -2.46. The maximum Gasteiger partial charge on any atom is 0.242 e. The zero-order chi connectivity index (χ0) is 13.2. The lowest BCUT2D eigenvalue weighted by molar-refractivity contribution is 0.178. The fourth-order valence-electron chi connectivity index (χ4n) is 1.92. The van der Waals surface area contributed by atoms with Gasteiger partial charge in [-0.15, -0.1) is 0 Å². The summed E-state index contributed by atoms with van der Waals surface area (Å²) in [5.41, 5.74) is -0.450. The molecule has 0 amide bonds. The van der Waals surface area contributed by atoms with Crippen LogP contribution in [0.5, 0.6) is 0 Å². The quantitative estimate of drug-likeness (QED) is 0.885. The van der Waals surface area contributed by atoms with Crippen molar-refractivity contribution in [3.05, 3.63) is 29.8 Å². The molecule has 1 atom stereocenters. The molecule has 1 aromatic carbocycles. The van der Waals surface area contributed by atoms with E-state index in [-0.39, 0.29) is 10.5 Å². The van der Waals surface area contributed by atoms with Gasteiger partial charge in [0.15, 0.2) is 0 Å². The second-order valence-corrected chi connectivity index (χ2v) is 6.23. The molecule has 0 bridgehead atoms. The van der Waals surface area contributed by atoms with Crippen molar-refractivity contribution in [1.82, 2.24) is 4.72 Å². The Bertz CT molecular complexity index is 584. The average molecular weight is 266 g/mol. The topological polar surface area (TPSA) is 79.2 Å². The van der Waals surface area contributed by atoms with Gasteiger partial charge in [0.1, 0.15) is 6.07 Å². The van der Waals surface area contributed by atoms with E-state index in [1.54, 1.807) is 19.1 Å². The van der Waals surface area contributed by atoms with Gasteiger partial charge in [0.05, 0.1) is 22.6 Å². The summed E-state index contributed by atoms with van der Waals surface area (Å²) < 4.78 is 32.3. The number of sulfonamides is 1. The largest absolute Gasteiger partial charge is 0.379 e. The van der Waals surface area contributed by atoms with Crippen molar-refractivity contribution in [3.63, 3.8) is 0 Å². The van der Waals surface area contributed by atoms with E-state index in [2.05, 4.69) is 4.72 Å². The van der Waals surface area contributed by atoms with Crippen molar-refractivity contribution in [1.29, 1.82) is 5.26 Å². The maximum absolute atomic E-state index is 12.3. The Balaban J connectivity index is 2.34. The van der Waals surface area contributed by atoms with Gasteiger partial charge in [-0.1, -0.05) is 12.1 Å². The molecule has 1 aliphatic rings. The van der Waals surface area contributed by atoms with E-state index in [1.165, 1.54) is 12.1 Å². The molecule has 0 spiro atoms. The van der Waals surface area contributed by atoms with Gasteiger partial charge < -0.3 is 4.74 Å². The highest BCUT2D eigenvalue weighted by Crippen LogP contribution is 2.22. The van der Waals surface area contributed by atoms with E-state index in [0.717, 1.165) is 0 Å². The molecule has 6 heteroatoms. The Hall–Kier alpha value is -1.42. The Kier molecular flexibility index (Phi) is 3.39. The first-order chi connectivity index (χ1) is 8.47. The lowest BCUT2D eigenvalue weighted by Gasteiger charge is -2.23. The summed E-state index contributed by atoms with van der Waals surface area (Å²) >= 11 is 0. The minimum Gasteiger partial charge on any atom is -0.379 e. The minimum absolute atomic E-state index is 0.0145. The number of nitriles is 1. The summed E-state index contributed by atoms with van der Waals surface area (Å²) in [6, 6.07) is 8.04. The standard InChI is InChI=1S/C12H14N2O3S/c1-12(6-7-17-9-12)14-18(15,16)11-5-3-2-4-10(11)8-13/h2-5,14H,6-7,9H2,1H3. The first-order valence-corrected chi connectivity index (χ1v) is 7.06. The van der Waals surface area contributed by atoms with E-state index in [1.807, 2.05) is 6.07 Å². The third-order valence-corrected chi connectivity index (χ3v) is 4.59. The van der Waals surface area contributed by atoms with Crippen molar-refractivity contribution in [2.24, 2.45) is 0 Å². The van der Waals surface area contributed by atoms with Crippen molar-refractivity contribution < 1.29 is 13.2 Å². The molecule has 2 rings (SSSR count). The van der Waals surface area contributed by atoms with Crippen molar-refractivity contribution in [2.75, 3.05) is 13.2 Å². The SMILES string of the molecule is CC1(NS(=O)(=O)c2ccccc2C#N)CCOC1. The highest BCUT2D eigenvalue weighted by Gasteiger charge is 2.35. The highest BCUT2D eigenvalue weighted by atomic mass is 32.2. The number of nitrogens with one attached hydrogen (secondary N) is 1. The van der Waals surface area contributed by atoms with Crippen LogP contribution in [0, 0.1) is 11.3 Å². The first kappa shape index (κ1) is 13.0. The third-order valence-electron chi connectivity index (χ3n) is 2.90. The summed E-state index contributed by atoms with van der Waals surface area (Å²) in [5, 5.41) is 8.94. The molecule has 0 aromatic heterocycles. The summed E-state index contributed by atoms with van der Waals surface area (Å²) in [5.74, 6) is 0. The summed E-state index contributed by atoms with van der Waals surface area (Å²) in [4.78, 5) is 0.0145. The van der Waals surface area contributed by atoms with Gasteiger partial charge in [-0.2, -0.15) is 5.26 Å². The molecule has 18 heavy (non-hydrogen) atoms. The van der Waals surface area contributed by atoms with Crippen LogP contribution in [0.25, 0.3) is 0 Å². The van der Waals surface area contributed by atoms with Crippen LogP contribution in [0.4, 0.5) is 0 Å². The zero-order valence-electron chi connectivity index (χ0n) is 10.0. The number of nitrogens with zero attached hydrogens (tertiary/aromatic N) is 1. The number of hydrogen-bond donors (Lipinski definition) is 1. The monoisotopic (exact) mass is 266 g/mol. The number of rotatable bonds is 3. The van der Waals surface area contributed by atoms with Crippen molar-refractivity contribution in [3.8, 4) is 6.07 Å². The van der Waals surface area contributed by atoms with E-state index in [0.29, 0.717) is 19.6 Å². The average Bonchev–Trinajstić information content (AvgIpc) is 2.74. The molecule has 1 unspecified atom stereocenters. The number of ether oxygens (including phenoxy) is 1. The third kappa shape index (κ3) is 2.53. The molecule has 1 N–H and O–H groups in total. The number of hydrogen-bond acceptors (Lipinski definition) is 4. The highest BCUT2D eigenvalue weighted by molar-refractivity contribution is 7.89. The van der Waals surface area contributed by atoms with Crippen LogP contribution in [0.15, 0.2) is 29.2 Å². The van der Waals surface area contributed by atoms with Gasteiger partial charge in [-0.05, 0) is 25.5 Å². The molecular weight excluding hydrogens is 252 g/mol. The van der Waals surface area contributed by atoms with Gasteiger partial charge in [-0.3, -0.25) is 0 Å². The molecule has 0 saturated carbocycles. The van der Waals surface area contributed by atoms with Crippen molar-refractivity contribution in [2.45, 2.75) is 23.8 Å². The Morgan fingerprint density at radius 2 is 2.17 bits per heavy atom. The van der Waals surface area contributed by atoms with E-state index in [4.69, 9.17) is 10.00 Å². The molecule has 1 fully saturated rings. The molecule has 1 saturated heterocycles. The van der Waals surface area contributed by atoms with E-state index in [9.17, 15) is 8.42 Å². The second kappa shape index (κ2) is 4.69. The predicted molar refractivity (Wildman–Crippen MR) is 65.3 cm³/mol. The zero-order valence-corrected chi connectivity index (χ0v) is 10.8. The van der Waals surface area contributed by atoms with Crippen LogP contribution in [-0.4, -0.2) is 27.2 Å². The van der Waals surface area contributed by atoms with Crippen molar-refractivity contribution >= 4 is 10.0 Å². The van der Waals surface area contributed by atoms with E-state index < -0.39 is 15.6 Å². The van der Waals surface area contributed by atoms with Gasteiger partial charge in [0.25, 0.3) is 0 Å². The molecule has 0 radical (unpaired) electrons. The molecule has 1 aromatic rings. The second-order valence-electron chi connectivity index (χ2n) is 4.58. The Labute approximate surface area is 106 Å². The van der Waals surface area contributed by atoms with Gasteiger partial charge >= 0.3 is 0 Å². The van der Waals surface area contributed by atoms with Crippen LogP contribution < -0.4 is 4.72 Å². The molecular formula is C12H14N2O3S. The predicted octanol–water partition coefficient (Wildman–Crippen LogP) is 1.02. The van der Waals surface area contributed by atoms with Crippen LogP contribution in [0.1, 0.15) is 18.9 Å². The Morgan fingerprint density at radius 3 is 2.78 bits per heavy atom. The summed E-state index contributed by atoms with van der Waals surface area (Å²) in [6.07, 6.45) is 0.626. The maximum atomic E-state index is 12.3.